The number of nitrogens with one attached hydrogen (secondary N) is 1. The molecule has 0 aliphatic heterocycles. The Morgan fingerprint density at radius 2 is 1.95 bits per heavy atom. The van der Waals surface area contributed by atoms with E-state index in [1.54, 1.807) is 0 Å². The molecule has 1 saturated carbocycles. The van der Waals surface area contributed by atoms with Gasteiger partial charge in [-0.05, 0) is 44.2 Å². The molecular formula is C15H21BrN2O. The zero-order chi connectivity index (χ0) is 13.7. The van der Waals surface area contributed by atoms with Crippen LogP contribution in [0.5, 0.6) is 0 Å². The second-order valence-corrected chi connectivity index (χ2v) is 6.10. The van der Waals surface area contributed by atoms with E-state index in [-0.39, 0.29) is 5.91 Å². The smallest absolute Gasteiger partial charge is 0.251 e. The van der Waals surface area contributed by atoms with Crippen LogP contribution in [0, 0.1) is 0 Å². The molecule has 0 spiro atoms. The third kappa shape index (κ3) is 4.32. The van der Waals surface area contributed by atoms with Crippen LogP contribution >= 0.6 is 15.9 Å². The first-order valence-corrected chi connectivity index (χ1v) is 7.70. The SMILES string of the molecule is CN(CCNC(=O)c1ccc(Br)cc1)C1CCCC1. The van der Waals surface area contributed by atoms with Crippen LogP contribution in [-0.4, -0.2) is 37.0 Å². The van der Waals surface area contributed by atoms with Crippen molar-refractivity contribution < 1.29 is 4.79 Å². The maximum atomic E-state index is 11.9. The molecule has 2 rings (SSSR count). The Hall–Kier alpha value is -0.870. The van der Waals surface area contributed by atoms with Crippen molar-refractivity contribution in [3.8, 4) is 0 Å². The van der Waals surface area contributed by atoms with Crippen LogP contribution in [0.25, 0.3) is 0 Å². The number of hydrogen-bond acceptors (Lipinski definition) is 2. The average molecular weight is 325 g/mol. The van der Waals surface area contributed by atoms with Gasteiger partial charge in [0.1, 0.15) is 0 Å². The summed E-state index contributed by atoms with van der Waals surface area (Å²) in [4.78, 5) is 14.3. The summed E-state index contributed by atoms with van der Waals surface area (Å²) in [5, 5.41) is 2.98. The molecule has 0 aromatic heterocycles. The van der Waals surface area contributed by atoms with Gasteiger partial charge in [-0.1, -0.05) is 28.8 Å². The molecule has 0 unspecified atom stereocenters. The molecule has 3 nitrogen and oxygen atoms in total. The summed E-state index contributed by atoms with van der Waals surface area (Å²) < 4.78 is 0.991. The Kier molecular flexibility index (Phi) is 5.40. The molecule has 1 aromatic carbocycles. The first-order valence-electron chi connectivity index (χ1n) is 6.91. The number of amides is 1. The lowest BCUT2D eigenvalue weighted by Crippen LogP contribution is -2.37. The van der Waals surface area contributed by atoms with Gasteiger partial charge in [0.15, 0.2) is 0 Å². The number of likely N-dealkylation sites (N-methyl/N-ethyl adjacent to an activating group) is 1. The van der Waals surface area contributed by atoms with Gasteiger partial charge < -0.3 is 10.2 Å². The van der Waals surface area contributed by atoms with Crippen molar-refractivity contribution >= 4 is 21.8 Å². The maximum Gasteiger partial charge on any atom is 0.251 e. The van der Waals surface area contributed by atoms with Crippen molar-refractivity contribution in [2.45, 2.75) is 31.7 Å². The first-order chi connectivity index (χ1) is 9.16. The highest BCUT2D eigenvalue weighted by Gasteiger charge is 2.18. The van der Waals surface area contributed by atoms with Gasteiger partial charge in [0.25, 0.3) is 5.91 Å². The van der Waals surface area contributed by atoms with Gasteiger partial charge in [0, 0.05) is 29.2 Å². The van der Waals surface area contributed by atoms with E-state index in [2.05, 4.69) is 33.2 Å². The highest BCUT2D eigenvalue weighted by Crippen LogP contribution is 2.21. The Bertz CT molecular complexity index is 413. The number of halogens is 1. The van der Waals surface area contributed by atoms with Crippen molar-refractivity contribution in [1.29, 1.82) is 0 Å². The minimum absolute atomic E-state index is 0.00678. The van der Waals surface area contributed by atoms with E-state index in [4.69, 9.17) is 0 Å². The van der Waals surface area contributed by atoms with E-state index in [1.807, 2.05) is 24.3 Å². The lowest BCUT2D eigenvalue weighted by Gasteiger charge is -2.23. The van der Waals surface area contributed by atoms with Crippen molar-refractivity contribution in [3.63, 3.8) is 0 Å². The fourth-order valence-electron chi connectivity index (χ4n) is 2.58. The topological polar surface area (TPSA) is 32.3 Å². The van der Waals surface area contributed by atoms with Crippen LogP contribution in [0.4, 0.5) is 0 Å². The van der Waals surface area contributed by atoms with E-state index in [9.17, 15) is 4.79 Å². The van der Waals surface area contributed by atoms with Crippen LogP contribution in [0.2, 0.25) is 0 Å². The van der Waals surface area contributed by atoms with Gasteiger partial charge >= 0.3 is 0 Å². The molecule has 1 fully saturated rings. The number of nitrogens with zero attached hydrogens (tertiary/aromatic N) is 1. The zero-order valence-electron chi connectivity index (χ0n) is 11.4. The number of hydrogen-bond donors (Lipinski definition) is 1. The molecule has 1 amide bonds. The van der Waals surface area contributed by atoms with E-state index >= 15 is 0 Å². The quantitative estimate of drug-likeness (QED) is 0.902. The van der Waals surface area contributed by atoms with Crippen LogP contribution in [0.15, 0.2) is 28.7 Å². The predicted octanol–water partition coefficient (Wildman–Crippen LogP) is 3.05. The summed E-state index contributed by atoms with van der Waals surface area (Å²) in [6, 6.07) is 8.16. The lowest BCUT2D eigenvalue weighted by atomic mass is 10.2. The van der Waals surface area contributed by atoms with Crippen molar-refractivity contribution in [1.82, 2.24) is 10.2 Å². The van der Waals surface area contributed by atoms with Gasteiger partial charge in [-0.3, -0.25) is 4.79 Å². The standard InChI is InChI=1S/C15H21BrN2O/c1-18(14-4-2-3-5-14)11-10-17-15(19)12-6-8-13(16)9-7-12/h6-9,14H,2-5,10-11H2,1H3,(H,17,19). The maximum absolute atomic E-state index is 11.9. The summed E-state index contributed by atoms with van der Waals surface area (Å²) in [6.45, 7) is 1.63. The van der Waals surface area contributed by atoms with Crippen LogP contribution in [0.1, 0.15) is 36.0 Å². The second-order valence-electron chi connectivity index (χ2n) is 5.18. The molecule has 1 aromatic rings. The monoisotopic (exact) mass is 324 g/mol. The van der Waals surface area contributed by atoms with Crippen LogP contribution in [0.3, 0.4) is 0 Å². The fourth-order valence-corrected chi connectivity index (χ4v) is 2.84. The highest BCUT2D eigenvalue weighted by atomic mass is 79.9. The van der Waals surface area contributed by atoms with E-state index < -0.39 is 0 Å². The Morgan fingerprint density at radius 1 is 1.32 bits per heavy atom. The summed E-state index contributed by atoms with van der Waals surface area (Å²) in [5.41, 5.74) is 0.715. The van der Waals surface area contributed by atoms with E-state index in [0.29, 0.717) is 18.2 Å². The number of carbonyl (C=O) groups excluding carboxylic acids is 1. The predicted molar refractivity (Wildman–Crippen MR) is 81.4 cm³/mol. The second kappa shape index (κ2) is 7.06. The Labute approximate surface area is 123 Å². The van der Waals surface area contributed by atoms with E-state index in [0.717, 1.165) is 11.0 Å². The number of carbonyl (C=O) groups is 1. The van der Waals surface area contributed by atoms with Crippen LogP contribution in [-0.2, 0) is 0 Å². The molecule has 1 aliphatic rings. The zero-order valence-corrected chi connectivity index (χ0v) is 12.9. The molecule has 1 aliphatic carbocycles. The summed E-state index contributed by atoms with van der Waals surface area (Å²) >= 11 is 3.37. The number of rotatable bonds is 5. The van der Waals surface area contributed by atoms with Crippen molar-refractivity contribution in [2.75, 3.05) is 20.1 Å². The van der Waals surface area contributed by atoms with Gasteiger partial charge in [-0.15, -0.1) is 0 Å². The molecule has 4 heteroatoms. The first kappa shape index (κ1) is 14.5. The molecule has 0 bridgehead atoms. The number of benzene rings is 1. The summed E-state index contributed by atoms with van der Waals surface area (Å²) in [6.07, 6.45) is 5.30. The average Bonchev–Trinajstić information content (AvgIpc) is 2.93. The third-order valence-electron chi connectivity index (χ3n) is 3.80. The van der Waals surface area contributed by atoms with Gasteiger partial charge in [-0.2, -0.15) is 0 Å². The third-order valence-corrected chi connectivity index (χ3v) is 4.33. The molecule has 1 N–H and O–H groups in total. The lowest BCUT2D eigenvalue weighted by molar-refractivity contribution is 0.0947. The normalized spacial score (nSPS) is 15.9. The van der Waals surface area contributed by atoms with Gasteiger partial charge in [0.2, 0.25) is 0 Å². The van der Waals surface area contributed by atoms with Crippen LogP contribution < -0.4 is 5.32 Å². The largest absolute Gasteiger partial charge is 0.351 e. The molecule has 0 saturated heterocycles. The molecular weight excluding hydrogens is 304 g/mol. The molecule has 0 radical (unpaired) electrons. The molecule has 0 heterocycles. The fraction of sp³-hybridized carbons (Fsp3) is 0.533. The molecule has 19 heavy (non-hydrogen) atoms. The van der Waals surface area contributed by atoms with E-state index in [1.165, 1.54) is 25.7 Å². The highest BCUT2D eigenvalue weighted by molar-refractivity contribution is 9.10. The molecule has 104 valence electrons. The minimum atomic E-state index is 0.00678. The summed E-state index contributed by atoms with van der Waals surface area (Å²) in [5.74, 6) is 0.00678. The molecule has 0 atom stereocenters. The minimum Gasteiger partial charge on any atom is -0.351 e. The van der Waals surface area contributed by atoms with Gasteiger partial charge in [-0.25, -0.2) is 0 Å². The van der Waals surface area contributed by atoms with Crippen molar-refractivity contribution in [2.24, 2.45) is 0 Å². The van der Waals surface area contributed by atoms with Gasteiger partial charge in [0.05, 0.1) is 0 Å². The summed E-state index contributed by atoms with van der Waals surface area (Å²) in [7, 11) is 2.15. The Morgan fingerprint density at radius 3 is 2.58 bits per heavy atom. The van der Waals surface area contributed by atoms with Crippen molar-refractivity contribution in [3.05, 3.63) is 34.3 Å². The Balaban J connectivity index is 1.73.